The fourth-order valence-corrected chi connectivity index (χ4v) is 2.07. The summed E-state index contributed by atoms with van der Waals surface area (Å²) in [5, 5.41) is 0.444. The van der Waals surface area contributed by atoms with Gasteiger partial charge >= 0.3 is 0 Å². The lowest BCUT2D eigenvalue weighted by Crippen LogP contribution is -2.01. The van der Waals surface area contributed by atoms with Crippen LogP contribution >= 0.6 is 38.5 Å². The van der Waals surface area contributed by atoms with Crippen LogP contribution in [0.2, 0.25) is 0 Å². The van der Waals surface area contributed by atoms with Crippen LogP contribution in [0.15, 0.2) is 6.20 Å². The minimum Gasteiger partial charge on any atom is -0.496 e. The summed E-state index contributed by atoms with van der Waals surface area (Å²) in [6, 6.07) is 0. The highest BCUT2D eigenvalue weighted by Crippen LogP contribution is 2.35. The van der Waals surface area contributed by atoms with E-state index < -0.39 is 6.43 Å². The van der Waals surface area contributed by atoms with Crippen molar-refractivity contribution in [2.24, 2.45) is 0 Å². The van der Waals surface area contributed by atoms with Crippen LogP contribution in [0.3, 0.4) is 0 Å². The summed E-state index contributed by atoms with van der Waals surface area (Å²) in [5.41, 5.74) is 0.494. The van der Waals surface area contributed by atoms with E-state index in [4.69, 9.17) is 4.74 Å². The first-order chi connectivity index (χ1) is 6.61. The van der Waals surface area contributed by atoms with Crippen LogP contribution in [0.4, 0.5) is 8.78 Å². The van der Waals surface area contributed by atoms with Crippen molar-refractivity contribution >= 4 is 38.5 Å². The number of hydrogen-bond acceptors (Lipinski definition) is 2. The molecule has 0 N–H and O–H groups in total. The zero-order valence-electron chi connectivity index (χ0n) is 7.23. The molecule has 78 valence electrons. The number of aromatic nitrogens is 1. The molecule has 14 heavy (non-hydrogen) atoms. The van der Waals surface area contributed by atoms with E-state index in [-0.39, 0.29) is 15.0 Å². The maximum atomic E-state index is 12.7. The van der Waals surface area contributed by atoms with Gasteiger partial charge in [-0.2, -0.15) is 0 Å². The second-order valence-corrected chi connectivity index (χ2v) is 4.04. The summed E-state index contributed by atoms with van der Waals surface area (Å²) in [5.74, 6) is 0.219. The van der Waals surface area contributed by atoms with E-state index in [0.29, 0.717) is 10.9 Å². The molecular formula is C8H7BrF2INO. The Morgan fingerprint density at radius 1 is 1.64 bits per heavy atom. The predicted octanol–water partition coefficient (Wildman–Crippen LogP) is 3.53. The van der Waals surface area contributed by atoms with Crippen molar-refractivity contribution in [3.8, 4) is 5.75 Å². The maximum Gasteiger partial charge on any atom is 0.269 e. The van der Waals surface area contributed by atoms with E-state index in [1.54, 1.807) is 22.6 Å². The number of rotatable bonds is 3. The Bertz CT molecular complexity index is 335. The number of alkyl halides is 3. The molecule has 0 aliphatic carbocycles. The number of ether oxygens (including phenoxy) is 1. The minimum atomic E-state index is -2.57. The Morgan fingerprint density at radius 2 is 2.29 bits per heavy atom. The van der Waals surface area contributed by atoms with Crippen molar-refractivity contribution in [2.45, 2.75) is 11.8 Å². The van der Waals surface area contributed by atoms with Crippen LogP contribution in [0.5, 0.6) is 5.75 Å². The van der Waals surface area contributed by atoms with E-state index in [0.717, 1.165) is 0 Å². The lowest BCUT2D eigenvalue weighted by molar-refractivity contribution is 0.145. The van der Waals surface area contributed by atoms with Gasteiger partial charge in [-0.1, -0.05) is 15.9 Å². The minimum absolute atomic E-state index is 0.134. The van der Waals surface area contributed by atoms with E-state index in [2.05, 4.69) is 20.9 Å². The number of methoxy groups -OCH3 is 1. The second kappa shape index (κ2) is 5.20. The van der Waals surface area contributed by atoms with Crippen LogP contribution < -0.4 is 4.74 Å². The summed E-state index contributed by atoms with van der Waals surface area (Å²) >= 11 is 4.96. The number of hydrogen-bond donors (Lipinski definition) is 0. The number of nitrogens with zero attached hydrogens (tertiary/aromatic N) is 1. The highest BCUT2D eigenvalue weighted by molar-refractivity contribution is 14.1. The molecule has 2 nitrogen and oxygen atoms in total. The Morgan fingerprint density at radius 3 is 2.71 bits per heavy atom. The van der Waals surface area contributed by atoms with Gasteiger partial charge in [0.2, 0.25) is 0 Å². The van der Waals surface area contributed by atoms with Crippen LogP contribution in [0, 0.1) is 3.70 Å². The molecule has 0 aromatic carbocycles. The smallest absolute Gasteiger partial charge is 0.269 e. The third kappa shape index (κ3) is 2.33. The van der Waals surface area contributed by atoms with Crippen molar-refractivity contribution in [1.82, 2.24) is 4.98 Å². The van der Waals surface area contributed by atoms with Gasteiger partial charge in [0.05, 0.1) is 12.7 Å². The van der Waals surface area contributed by atoms with E-state index >= 15 is 0 Å². The van der Waals surface area contributed by atoms with Gasteiger partial charge in [-0.15, -0.1) is 0 Å². The van der Waals surface area contributed by atoms with Crippen LogP contribution in [0.25, 0.3) is 0 Å². The summed E-state index contributed by atoms with van der Waals surface area (Å²) in [6.07, 6.45) is -1.04. The van der Waals surface area contributed by atoms with Crippen molar-refractivity contribution in [2.75, 3.05) is 7.11 Å². The lowest BCUT2D eigenvalue weighted by Gasteiger charge is -2.12. The fourth-order valence-electron chi connectivity index (χ4n) is 1.05. The molecule has 0 amide bonds. The molecule has 1 rings (SSSR count). The average Bonchev–Trinajstić information content (AvgIpc) is 2.16. The molecule has 0 saturated carbocycles. The zero-order valence-corrected chi connectivity index (χ0v) is 11.0. The molecule has 1 heterocycles. The number of pyridine rings is 1. The molecule has 0 atom stereocenters. The normalized spacial score (nSPS) is 10.7. The Hall–Kier alpha value is 0.0200. The van der Waals surface area contributed by atoms with Gasteiger partial charge in [-0.3, -0.25) is 0 Å². The largest absolute Gasteiger partial charge is 0.496 e. The van der Waals surface area contributed by atoms with Gasteiger partial charge in [0.15, 0.2) is 0 Å². The van der Waals surface area contributed by atoms with Crippen molar-refractivity contribution in [3.05, 3.63) is 21.0 Å². The van der Waals surface area contributed by atoms with Gasteiger partial charge in [0.25, 0.3) is 6.43 Å². The lowest BCUT2D eigenvalue weighted by atomic mass is 10.2. The fraction of sp³-hybridized carbons (Fsp3) is 0.375. The topological polar surface area (TPSA) is 22.1 Å². The average molecular weight is 378 g/mol. The standard InChI is InChI=1S/C8H7BrF2INO/c1-14-6-4(2-9)3-13-8(12)5(6)7(10)11/h3,7H,2H2,1H3. The summed E-state index contributed by atoms with van der Waals surface area (Å²) in [4.78, 5) is 3.88. The van der Waals surface area contributed by atoms with Crippen LogP contribution in [-0.4, -0.2) is 12.1 Å². The molecule has 1 aromatic rings. The quantitative estimate of drug-likeness (QED) is 0.456. The molecule has 0 fully saturated rings. The molecule has 0 aliphatic heterocycles. The first-order valence-electron chi connectivity index (χ1n) is 3.67. The number of halogens is 4. The molecule has 0 spiro atoms. The highest BCUT2D eigenvalue weighted by Gasteiger charge is 2.21. The second-order valence-electron chi connectivity index (χ2n) is 2.46. The molecule has 6 heteroatoms. The summed E-state index contributed by atoms with van der Waals surface area (Å²) < 4.78 is 30.5. The van der Waals surface area contributed by atoms with E-state index in [1.165, 1.54) is 13.3 Å². The molecule has 0 aliphatic rings. The monoisotopic (exact) mass is 377 g/mol. The first kappa shape index (κ1) is 12.1. The summed E-state index contributed by atoms with van der Waals surface area (Å²) in [7, 11) is 1.38. The molecule has 0 saturated heterocycles. The highest BCUT2D eigenvalue weighted by atomic mass is 127. The Kier molecular flexibility index (Phi) is 4.49. The predicted molar refractivity (Wildman–Crippen MR) is 61.1 cm³/mol. The molecule has 1 aromatic heterocycles. The third-order valence-corrected chi connectivity index (χ3v) is 3.12. The van der Waals surface area contributed by atoms with E-state index in [1.807, 2.05) is 0 Å². The van der Waals surface area contributed by atoms with Gasteiger partial charge in [-0.05, 0) is 22.6 Å². The zero-order chi connectivity index (χ0) is 10.7. The van der Waals surface area contributed by atoms with Gasteiger partial charge in [-0.25, -0.2) is 13.8 Å². The van der Waals surface area contributed by atoms with Gasteiger partial charge in [0.1, 0.15) is 9.45 Å². The summed E-state index contributed by atoms with van der Waals surface area (Å²) in [6.45, 7) is 0. The molecular weight excluding hydrogens is 371 g/mol. The van der Waals surface area contributed by atoms with Crippen LogP contribution in [-0.2, 0) is 5.33 Å². The Balaban J connectivity index is 3.35. The van der Waals surface area contributed by atoms with Crippen molar-refractivity contribution < 1.29 is 13.5 Å². The third-order valence-electron chi connectivity index (χ3n) is 1.66. The van der Waals surface area contributed by atoms with Crippen molar-refractivity contribution in [3.63, 3.8) is 0 Å². The van der Waals surface area contributed by atoms with Gasteiger partial charge < -0.3 is 4.74 Å². The van der Waals surface area contributed by atoms with E-state index in [9.17, 15) is 8.78 Å². The van der Waals surface area contributed by atoms with Crippen molar-refractivity contribution in [1.29, 1.82) is 0 Å². The van der Waals surface area contributed by atoms with Crippen LogP contribution in [0.1, 0.15) is 17.6 Å². The maximum absolute atomic E-state index is 12.7. The Labute approximate surface area is 102 Å². The van der Waals surface area contributed by atoms with Gasteiger partial charge in [0, 0.05) is 17.1 Å². The molecule has 0 unspecified atom stereocenters. The molecule has 0 bridgehead atoms. The first-order valence-corrected chi connectivity index (χ1v) is 5.87. The molecule has 0 radical (unpaired) electrons. The SMILES string of the molecule is COc1c(CBr)cnc(I)c1C(F)F.